The monoisotopic (exact) mass is 389 g/mol. The van der Waals surface area contributed by atoms with E-state index in [9.17, 15) is 18.7 Å². The van der Waals surface area contributed by atoms with Gasteiger partial charge in [0.05, 0.1) is 31.6 Å². The molecule has 1 fully saturated rings. The van der Waals surface area contributed by atoms with Crippen molar-refractivity contribution in [2.75, 3.05) is 18.1 Å². The number of fused-ring (bicyclic) bond motifs is 1. The largest absolute Gasteiger partial charge is 0.493 e. The van der Waals surface area contributed by atoms with E-state index in [0.717, 1.165) is 12.3 Å². The summed E-state index contributed by atoms with van der Waals surface area (Å²) in [6.45, 7) is 1.91. The maximum absolute atomic E-state index is 14.2. The summed E-state index contributed by atoms with van der Waals surface area (Å²) in [4.78, 5) is 21.8. The van der Waals surface area contributed by atoms with Gasteiger partial charge in [0.15, 0.2) is 5.65 Å². The van der Waals surface area contributed by atoms with Crippen LogP contribution < -0.4 is 4.90 Å². The number of nitrogens with zero attached hydrogens (tertiary/aromatic N) is 5. The minimum absolute atomic E-state index is 0.00662. The maximum Gasteiger partial charge on any atom is 0.343 e. The van der Waals surface area contributed by atoms with Gasteiger partial charge in [-0.3, -0.25) is 0 Å². The third-order valence-electron chi connectivity index (χ3n) is 4.61. The summed E-state index contributed by atoms with van der Waals surface area (Å²) in [5.41, 5.74) is 0.631. The quantitative estimate of drug-likeness (QED) is 0.685. The molecule has 0 aliphatic carbocycles. The highest BCUT2D eigenvalue weighted by molar-refractivity contribution is 5.95. The topological polar surface area (TPSA) is 92.8 Å². The molecule has 3 aromatic rings. The lowest BCUT2D eigenvalue weighted by Crippen LogP contribution is -2.25. The molecule has 0 bridgehead atoms. The Bertz CT molecular complexity index is 1040. The van der Waals surface area contributed by atoms with Crippen molar-refractivity contribution in [1.82, 2.24) is 19.6 Å². The molecule has 0 amide bonds. The molecule has 1 saturated heterocycles. The van der Waals surface area contributed by atoms with Gasteiger partial charge in [0.2, 0.25) is 5.88 Å². The van der Waals surface area contributed by atoms with Gasteiger partial charge in [0.25, 0.3) is 0 Å². The number of carbonyl (C=O) groups is 1. The van der Waals surface area contributed by atoms with Crippen molar-refractivity contribution in [3.05, 3.63) is 47.7 Å². The molecule has 0 aromatic carbocycles. The van der Waals surface area contributed by atoms with Crippen molar-refractivity contribution in [3.8, 4) is 5.88 Å². The summed E-state index contributed by atoms with van der Waals surface area (Å²) in [5.74, 6) is -1.18. The zero-order valence-corrected chi connectivity index (χ0v) is 14.9. The molecule has 1 aliphatic heterocycles. The number of rotatable bonds is 4. The van der Waals surface area contributed by atoms with Crippen molar-refractivity contribution in [1.29, 1.82) is 0 Å². The van der Waals surface area contributed by atoms with Crippen LogP contribution in [0.3, 0.4) is 0 Å². The van der Waals surface area contributed by atoms with Crippen molar-refractivity contribution in [2.45, 2.75) is 25.6 Å². The normalized spacial score (nSPS) is 19.3. The number of pyridine rings is 1. The minimum Gasteiger partial charge on any atom is -0.493 e. The van der Waals surface area contributed by atoms with Crippen LogP contribution in [0.15, 0.2) is 30.7 Å². The van der Waals surface area contributed by atoms with Gasteiger partial charge in [-0.15, -0.1) is 0 Å². The number of ether oxygens (including phenoxy) is 1. The standard InChI is InChI=1S/C18H17F2N5O3/c1-2-28-18(27)13-8-22-25-4-3-15(23-16(13)25)24-9-11(20)6-14(24)12-5-10(19)7-21-17(12)26/h3-5,7-8,11,14H,2,6,9H2,1H3,(H,21,26)/t11-,14+/m0/s1. The Labute approximate surface area is 158 Å². The third-order valence-corrected chi connectivity index (χ3v) is 4.61. The number of alkyl halides is 1. The summed E-state index contributed by atoms with van der Waals surface area (Å²) < 4.78 is 34.3. The van der Waals surface area contributed by atoms with E-state index in [1.165, 1.54) is 10.7 Å². The van der Waals surface area contributed by atoms with Crippen LogP contribution in [0.1, 0.15) is 35.3 Å². The maximum atomic E-state index is 14.2. The van der Waals surface area contributed by atoms with Crippen LogP contribution in [0.4, 0.5) is 14.6 Å². The summed E-state index contributed by atoms with van der Waals surface area (Å²) in [5, 5.41) is 14.1. The highest BCUT2D eigenvalue weighted by atomic mass is 19.1. The number of anilines is 1. The fraction of sp³-hybridized carbons (Fsp3) is 0.333. The number of carbonyl (C=O) groups excluding carboxylic acids is 1. The van der Waals surface area contributed by atoms with Gasteiger partial charge in [-0.2, -0.15) is 5.10 Å². The summed E-state index contributed by atoms with van der Waals surface area (Å²) in [6.07, 6.45) is 2.70. The average Bonchev–Trinajstić information content (AvgIpc) is 3.26. The van der Waals surface area contributed by atoms with Crippen molar-refractivity contribution < 1.29 is 23.4 Å². The highest BCUT2D eigenvalue weighted by Crippen LogP contribution is 2.39. The average molecular weight is 389 g/mol. The first kappa shape index (κ1) is 18.1. The zero-order valence-electron chi connectivity index (χ0n) is 14.9. The Hall–Kier alpha value is -3.30. The van der Waals surface area contributed by atoms with Crippen LogP contribution in [0, 0.1) is 5.82 Å². The number of aromatic hydroxyl groups is 1. The number of esters is 1. The SMILES string of the molecule is CCOC(=O)c1cnn2ccc(N3C[C@@H](F)C[C@@H]3c3cc(F)cnc3O)nc12. The first-order valence-corrected chi connectivity index (χ1v) is 8.74. The zero-order chi connectivity index (χ0) is 19.8. The van der Waals surface area contributed by atoms with Gasteiger partial charge in [-0.05, 0) is 19.1 Å². The fourth-order valence-corrected chi connectivity index (χ4v) is 3.40. The first-order valence-electron chi connectivity index (χ1n) is 8.74. The van der Waals surface area contributed by atoms with E-state index in [0.29, 0.717) is 5.82 Å². The van der Waals surface area contributed by atoms with Crippen molar-refractivity contribution in [2.24, 2.45) is 0 Å². The van der Waals surface area contributed by atoms with Gasteiger partial charge in [0, 0.05) is 18.2 Å². The molecule has 146 valence electrons. The van der Waals surface area contributed by atoms with Crippen LogP contribution in [0.2, 0.25) is 0 Å². The van der Waals surface area contributed by atoms with Crippen LogP contribution in [-0.2, 0) is 4.74 Å². The van der Waals surface area contributed by atoms with E-state index in [4.69, 9.17) is 4.74 Å². The molecule has 1 N–H and O–H groups in total. The molecule has 2 atom stereocenters. The smallest absolute Gasteiger partial charge is 0.343 e. The van der Waals surface area contributed by atoms with E-state index in [1.807, 2.05) is 0 Å². The van der Waals surface area contributed by atoms with Gasteiger partial charge in [-0.1, -0.05) is 0 Å². The Balaban J connectivity index is 1.76. The molecule has 0 radical (unpaired) electrons. The van der Waals surface area contributed by atoms with Gasteiger partial charge >= 0.3 is 5.97 Å². The second kappa shape index (κ2) is 7.02. The number of aromatic nitrogens is 4. The molecule has 4 heterocycles. The molecular weight excluding hydrogens is 372 g/mol. The molecule has 0 spiro atoms. The van der Waals surface area contributed by atoms with Gasteiger partial charge < -0.3 is 14.7 Å². The van der Waals surface area contributed by atoms with Crippen molar-refractivity contribution in [3.63, 3.8) is 0 Å². The Morgan fingerprint density at radius 2 is 2.25 bits per heavy atom. The van der Waals surface area contributed by atoms with Gasteiger partial charge in [0.1, 0.15) is 23.4 Å². The van der Waals surface area contributed by atoms with Crippen LogP contribution in [0.25, 0.3) is 5.65 Å². The molecule has 0 unspecified atom stereocenters. The van der Waals surface area contributed by atoms with Crippen molar-refractivity contribution >= 4 is 17.4 Å². The lowest BCUT2D eigenvalue weighted by atomic mass is 10.1. The molecular formula is C18H17F2N5O3. The molecule has 0 saturated carbocycles. The predicted octanol–water partition coefficient (Wildman–Crippen LogP) is 2.44. The second-order valence-corrected chi connectivity index (χ2v) is 6.40. The summed E-state index contributed by atoms with van der Waals surface area (Å²) in [7, 11) is 0. The molecule has 3 aromatic heterocycles. The second-order valence-electron chi connectivity index (χ2n) is 6.40. The molecule has 28 heavy (non-hydrogen) atoms. The van der Waals surface area contributed by atoms with Gasteiger partial charge in [-0.25, -0.2) is 28.1 Å². The van der Waals surface area contributed by atoms with E-state index >= 15 is 0 Å². The molecule has 4 rings (SSSR count). The lowest BCUT2D eigenvalue weighted by Gasteiger charge is -2.25. The van der Waals surface area contributed by atoms with Crippen LogP contribution in [0.5, 0.6) is 5.88 Å². The third kappa shape index (κ3) is 3.10. The number of hydrogen-bond acceptors (Lipinski definition) is 7. The van der Waals surface area contributed by atoms with Crippen LogP contribution in [-0.4, -0.2) is 50.0 Å². The highest BCUT2D eigenvalue weighted by Gasteiger charge is 2.36. The van der Waals surface area contributed by atoms with E-state index < -0.39 is 24.0 Å². The number of halogens is 2. The van der Waals surface area contributed by atoms with Crippen LogP contribution >= 0.6 is 0 Å². The summed E-state index contributed by atoms with van der Waals surface area (Å²) >= 11 is 0. The first-order chi connectivity index (χ1) is 13.5. The predicted molar refractivity (Wildman–Crippen MR) is 94.4 cm³/mol. The lowest BCUT2D eigenvalue weighted by molar-refractivity contribution is 0.0528. The Morgan fingerprint density at radius 1 is 1.43 bits per heavy atom. The van der Waals surface area contributed by atoms with E-state index in [-0.39, 0.29) is 42.2 Å². The molecule has 8 nitrogen and oxygen atoms in total. The minimum atomic E-state index is -1.19. The fourth-order valence-electron chi connectivity index (χ4n) is 3.40. The molecule has 1 aliphatic rings. The Kier molecular flexibility index (Phi) is 4.54. The molecule has 10 heteroatoms. The Morgan fingerprint density at radius 3 is 3.04 bits per heavy atom. The number of hydrogen-bond donors (Lipinski definition) is 1. The van der Waals surface area contributed by atoms with E-state index in [1.54, 1.807) is 24.1 Å². The van der Waals surface area contributed by atoms with E-state index in [2.05, 4.69) is 15.1 Å². The summed E-state index contributed by atoms with van der Waals surface area (Å²) in [6, 6.07) is 2.10.